The van der Waals surface area contributed by atoms with Gasteiger partial charge in [-0.25, -0.2) is 0 Å². The van der Waals surface area contributed by atoms with Gasteiger partial charge in [0.1, 0.15) is 29.1 Å². The highest BCUT2D eigenvalue weighted by Crippen LogP contribution is 2.54. The third-order valence-electron chi connectivity index (χ3n) is 10.0. The molecular formula is C37H48F6N2O4S. The van der Waals surface area contributed by atoms with Crippen LogP contribution in [0.3, 0.4) is 0 Å². The third kappa shape index (κ3) is 8.70. The molecule has 50 heavy (non-hydrogen) atoms. The highest BCUT2D eigenvalue weighted by atomic mass is 32.1. The minimum absolute atomic E-state index is 0.0411. The molecule has 0 bridgehead atoms. The molecule has 0 amide bonds. The second-order valence-corrected chi connectivity index (χ2v) is 16.3. The number of alkyl halides is 6. The predicted octanol–water partition coefficient (Wildman–Crippen LogP) is 10.1. The minimum atomic E-state index is -4.89. The third-order valence-corrected chi connectivity index (χ3v) is 11.2. The van der Waals surface area contributed by atoms with E-state index in [1.807, 2.05) is 6.92 Å². The molecule has 4 atom stereocenters. The number of esters is 1. The molecule has 2 aromatic carbocycles. The van der Waals surface area contributed by atoms with Crippen LogP contribution in [0.5, 0.6) is 11.5 Å². The first-order chi connectivity index (χ1) is 22.9. The lowest BCUT2D eigenvalue weighted by Gasteiger charge is -2.44. The van der Waals surface area contributed by atoms with E-state index in [2.05, 4.69) is 4.74 Å². The largest absolute Gasteiger partial charge is 0.573 e. The van der Waals surface area contributed by atoms with E-state index in [4.69, 9.17) is 20.9 Å². The van der Waals surface area contributed by atoms with E-state index in [0.29, 0.717) is 21.4 Å². The van der Waals surface area contributed by atoms with E-state index in [1.54, 1.807) is 65.0 Å². The summed E-state index contributed by atoms with van der Waals surface area (Å²) in [7, 11) is 0. The molecule has 1 aliphatic carbocycles. The fourth-order valence-corrected chi connectivity index (χ4v) is 7.73. The van der Waals surface area contributed by atoms with Crippen molar-refractivity contribution in [3.8, 4) is 21.9 Å². The quantitative estimate of drug-likeness (QED) is 0.103. The number of hydrogen-bond donors (Lipinski definition) is 2. The van der Waals surface area contributed by atoms with Crippen LogP contribution in [0, 0.1) is 10.8 Å². The maximum absolute atomic E-state index is 14.9. The Kier molecular flexibility index (Phi) is 11.3. The summed E-state index contributed by atoms with van der Waals surface area (Å²) in [6.45, 7) is 11.3. The molecule has 4 rings (SSSR count). The first kappa shape index (κ1) is 39.8. The van der Waals surface area contributed by atoms with Crippen LogP contribution in [0.25, 0.3) is 20.5 Å². The Morgan fingerprint density at radius 1 is 0.920 bits per heavy atom. The van der Waals surface area contributed by atoms with E-state index in [1.165, 1.54) is 23.5 Å². The molecule has 1 aliphatic rings. The molecule has 4 N–H and O–H groups in total. The molecule has 0 spiro atoms. The normalized spacial score (nSPS) is 21.7. The minimum Gasteiger partial charge on any atom is -0.489 e. The molecule has 13 heteroatoms. The maximum Gasteiger partial charge on any atom is 0.573 e. The summed E-state index contributed by atoms with van der Waals surface area (Å²) in [6, 6.07) is 11.2. The Balaban J connectivity index is 1.59. The van der Waals surface area contributed by atoms with E-state index in [-0.39, 0.29) is 36.3 Å². The lowest BCUT2D eigenvalue weighted by molar-refractivity contribution is -0.274. The molecule has 278 valence electrons. The molecule has 3 aromatic rings. The molecule has 6 nitrogen and oxygen atoms in total. The Labute approximate surface area is 293 Å². The lowest BCUT2D eigenvalue weighted by atomic mass is 9.68. The van der Waals surface area contributed by atoms with E-state index >= 15 is 0 Å². The van der Waals surface area contributed by atoms with Crippen LogP contribution >= 0.6 is 11.3 Å². The molecule has 1 heterocycles. The van der Waals surface area contributed by atoms with Crippen LogP contribution in [0.15, 0.2) is 42.5 Å². The summed E-state index contributed by atoms with van der Waals surface area (Å²) >= 11 is 1.17. The summed E-state index contributed by atoms with van der Waals surface area (Å²) < 4.78 is 101. The number of thiophene rings is 1. The van der Waals surface area contributed by atoms with Crippen LogP contribution in [0.1, 0.15) is 92.6 Å². The number of halogens is 6. The van der Waals surface area contributed by atoms with Gasteiger partial charge in [0.05, 0.1) is 5.41 Å². The average Bonchev–Trinajstić information content (AvgIpc) is 3.52. The van der Waals surface area contributed by atoms with Crippen molar-refractivity contribution in [2.45, 2.75) is 129 Å². The standard InChI is InChI=1S/C37H48F6N2O4S/c1-8-9-10-11-22-12-15-25(26(18-22)49-37(41,42)43)28-19-23-13-14-24(20-27(23)50-28)47-29-16-17-30(35(29,7)36(38,39)40)48-31(46)33(4,5)34(6,45)21-32(2,3)44/h12-15,18-20,29-30H,8-11,16-17,21,44-45H2,1-7H3. The first-order valence-electron chi connectivity index (χ1n) is 16.8. The van der Waals surface area contributed by atoms with E-state index < -0.39 is 52.6 Å². The fourth-order valence-electron chi connectivity index (χ4n) is 6.61. The van der Waals surface area contributed by atoms with Gasteiger partial charge in [-0.05, 0) is 121 Å². The van der Waals surface area contributed by atoms with Crippen molar-refractivity contribution in [2.24, 2.45) is 22.3 Å². The van der Waals surface area contributed by atoms with Crippen molar-refractivity contribution < 1.29 is 45.3 Å². The number of carbonyl (C=O) groups excluding carboxylic acids is 1. The number of fused-ring (bicyclic) bond motifs is 1. The number of hydrogen-bond acceptors (Lipinski definition) is 7. The first-order valence-corrected chi connectivity index (χ1v) is 17.6. The van der Waals surface area contributed by atoms with Crippen LogP contribution in [-0.4, -0.2) is 41.8 Å². The fraction of sp³-hybridized carbons (Fsp3) is 0.595. The van der Waals surface area contributed by atoms with Gasteiger partial charge in [-0.3, -0.25) is 4.79 Å². The summed E-state index contributed by atoms with van der Waals surface area (Å²) in [6.07, 6.45) is -9.16. The van der Waals surface area contributed by atoms with Gasteiger partial charge in [-0.1, -0.05) is 25.8 Å². The Hall–Kier alpha value is -3.03. The average molecular weight is 731 g/mol. The molecule has 4 unspecified atom stereocenters. The van der Waals surface area contributed by atoms with E-state index in [9.17, 15) is 31.1 Å². The molecule has 1 saturated carbocycles. The van der Waals surface area contributed by atoms with Crippen molar-refractivity contribution in [1.82, 2.24) is 0 Å². The predicted molar refractivity (Wildman–Crippen MR) is 184 cm³/mol. The maximum atomic E-state index is 14.9. The van der Waals surface area contributed by atoms with Crippen LogP contribution in [0.2, 0.25) is 0 Å². The van der Waals surface area contributed by atoms with Crippen molar-refractivity contribution in [2.75, 3.05) is 0 Å². The van der Waals surface area contributed by atoms with Gasteiger partial charge in [-0.15, -0.1) is 24.5 Å². The van der Waals surface area contributed by atoms with Crippen LogP contribution in [0.4, 0.5) is 26.3 Å². The smallest absolute Gasteiger partial charge is 0.489 e. The Bertz CT molecular complexity index is 1660. The number of aryl methyl sites for hydroxylation is 1. The highest BCUT2D eigenvalue weighted by molar-refractivity contribution is 7.22. The SMILES string of the molecule is CCCCCc1ccc(-c2cc3ccc(OC4CCC(OC(=O)C(C)(C)C(C)(N)CC(C)(C)N)C4(C)C(F)(F)F)cc3s2)c(OC(F)(F)F)c1. The van der Waals surface area contributed by atoms with Crippen LogP contribution < -0.4 is 20.9 Å². The molecular weight excluding hydrogens is 682 g/mol. The van der Waals surface area contributed by atoms with Gasteiger partial charge >= 0.3 is 18.5 Å². The van der Waals surface area contributed by atoms with Gasteiger partial charge in [-0.2, -0.15) is 13.2 Å². The zero-order valence-electron chi connectivity index (χ0n) is 29.6. The monoisotopic (exact) mass is 730 g/mol. The van der Waals surface area contributed by atoms with Gasteiger partial charge < -0.3 is 25.7 Å². The lowest BCUT2D eigenvalue weighted by Crippen LogP contribution is -2.60. The second-order valence-electron chi connectivity index (χ2n) is 15.2. The van der Waals surface area contributed by atoms with Crippen molar-refractivity contribution in [3.05, 3.63) is 48.0 Å². The topological polar surface area (TPSA) is 96.8 Å². The molecule has 0 aliphatic heterocycles. The Morgan fingerprint density at radius 2 is 1.58 bits per heavy atom. The van der Waals surface area contributed by atoms with Crippen LogP contribution in [-0.2, 0) is 16.0 Å². The second kappa shape index (κ2) is 14.2. The van der Waals surface area contributed by atoms with Crippen molar-refractivity contribution >= 4 is 27.4 Å². The number of benzene rings is 2. The zero-order valence-corrected chi connectivity index (χ0v) is 30.4. The summed E-state index contributed by atoms with van der Waals surface area (Å²) in [4.78, 5) is 14.0. The number of carbonyl (C=O) groups is 1. The number of unbranched alkanes of at least 4 members (excludes halogenated alkanes) is 2. The number of ether oxygens (including phenoxy) is 3. The summed E-state index contributed by atoms with van der Waals surface area (Å²) in [5, 5.41) is 0.673. The summed E-state index contributed by atoms with van der Waals surface area (Å²) in [5.41, 5.74) is 7.80. The molecule has 0 radical (unpaired) electrons. The zero-order chi connectivity index (χ0) is 37.5. The number of nitrogens with two attached hydrogens (primary N) is 2. The number of rotatable bonds is 13. The van der Waals surface area contributed by atoms with Gasteiger partial charge in [0.2, 0.25) is 0 Å². The Morgan fingerprint density at radius 3 is 2.18 bits per heavy atom. The molecule has 0 saturated heterocycles. The van der Waals surface area contributed by atoms with Gasteiger partial charge in [0.25, 0.3) is 0 Å². The van der Waals surface area contributed by atoms with Crippen molar-refractivity contribution in [3.63, 3.8) is 0 Å². The van der Waals surface area contributed by atoms with Gasteiger partial charge in [0.15, 0.2) is 0 Å². The van der Waals surface area contributed by atoms with E-state index in [0.717, 1.165) is 31.7 Å². The molecule has 1 aromatic heterocycles. The molecule has 1 fully saturated rings. The highest BCUT2D eigenvalue weighted by Gasteiger charge is 2.67. The van der Waals surface area contributed by atoms with Gasteiger partial charge in [0, 0.05) is 26.2 Å². The summed E-state index contributed by atoms with van der Waals surface area (Å²) in [5.74, 6) is -1.02. The van der Waals surface area contributed by atoms with Crippen molar-refractivity contribution in [1.29, 1.82) is 0 Å².